The van der Waals surface area contributed by atoms with Crippen LogP contribution in [0, 0.1) is 0 Å². The molecular formula is C21H22N4O2S3. The molecule has 0 atom stereocenters. The van der Waals surface area contributed by atoms with Gasteiger partial charge in [0.1, 0.15) is 10.6 Å². The molecule has 9 heteroatoms. The first kappa shape index (κ1) is 21.9. The number of rotatable bonds is 7. The Morgan fingerprint density at radius 2 is 1.87 bits per heavy atom. The number of carbonyl (C=O) groups is 1. The highest BCUT2D eigenvalue weighted by Gasteiger charge is 2.15. The lowest BCUT2D eigenvalue weighted by Crippen LogP contribution is -2.47. The summed E-state index contributed by atoms with van der Waals surface area (Å²) in [6.45, 7) is 0.671. The normalized spacial score (nSPS) is 10.3. The standard InChI is InChI=1S/C21H22N4O2S3/c1-27-15-9-7-14(8-10-15)18-13-17(22)19(30-18)20(26)24-25-21(28)23-11-12-29-16-5-3-2-4-6-16/h2-10,13H,11-12,22H2,1H3,(H,24,26)(H2,23,25,28). The van der Waals surface area contributed by atoms with Gasteiger partial charge >= 0.3 is 0 Å². The molecule has 0 fully saturated rings. The maximum Gasteiger partial charge on any atom is 0.281 e. The smallest absolute Gasteiger partial charge is 0.281 e. The number of nitrogens with two attached hydrogens (primary N) is 1. The van der Waals surface area contributed by atoms with Gasteiger partial charge in [-0.25, -0.2) is 0 Å². The minimum Gasteiger partial charge on any atom is -0.497 e. The molecule has 6 nitrogen and oxygen atoms in total. The fourth-order valence-corrected chi connectivity index (χ4v) is 4.47. The summed E-state index contributed by atoms with van der Waals surface area (Å²) < 4.78 is 5.17. The molecule has 5 N–H and O–H groups in total. The van der Waals surface area contributed by atoms with Gasteiger partial charge in [-0.05, 0) is 60.2 Å². The predicted molar refractivity (Wildman–Crippen MR) is 129 cm³/mol. The number of hydrogen-bond acceptors (Lipinski definition) is 6. The molecular weight excluding hydrogens is 436 g/mol. The van der Waals surface area contributed by atoms with Gasteiger partial charge in [-0.15, -0.1) is 23.1 Å². The van der Waals surface area contributed by atoms with E-state index in [1.54, 1.807) is 24.9 Å². The maximum absolute atomic E-state index is 12.5. The third-order valence-electron chi connectivity index (χ3n) is 4.03. The SMILES string of the molecule is COc1ccc(-c2cc(N)c(C(=O)NNC(=S)NCCSc3ccccc3)s2)cc1. The maximum atomic E-state index is 12.5. The van der Waals surface area contributed by atoms with Crippen LogP contribution in [0.15, 0.2) is 65.6 Å². The summed E-state index contributed by atoms with van der Waals surface area (Å²) in [6, 6.07) is 19.5. The first-order valence-electron chi connectivity index (χ1n) is 9.12. The summed E-state index contributed by atoms with van der Waals surface area (Å²) in [7, 11) is 1.62. The Kier molecular flexibility index (Phi) is 7.95. The Balaban J connectivity index is 1.46. The van der Waals surface area contributed by atoms with E-state index in [-0.39, 0.29) is 5.91 Å². The quantitative estimate of drug-likeness (QED) is 0.185. The molecule has 156 valence electrons. The number of benzene rings is 2. The lowest BCUT2D eigenvalue weighted by atomic mass is 10.2. The molecule has 0 unspecified atom stereocenters. The van der Waals surface area contributed by atoms with E-state index in [9.17, 15) is 4.79 Å². The van der Waals surface area contributed by atoms with E-state index in [4.69, 9.17) is 22.7 Å². The van der Waals surface area contributed by atoms with Crippen molar-refractivity contribution in [3.63, 3.8) is 0 Å². The molecule has 1 aromatic heterocycles. The van der Waals surface area contributed by atoms with E-state index in [0.29, 0.717) is 22.2 Å². The Morgan fingerprint density at radius 1 is 1.13 bits per heavy atom. The zero-order valence-electron chi connectivity index (χ0n) is 16.3. The molecule has 3 aromatic rings. The monoisotopic (exact) mass is 458 g/mol. The summed E-state index contributed by atoms with van der Waals surface area (Å²) in [4.78, 5) is 15.0. The lowest BCUT2D eigenvalue weighted by Gasteiger charge is -2.11. The van der Waals surface area contributed by atoms with E-state index in [1.807, 2.05) is 42.5 Å². The van der Waals surface area contributed by atoms with Crippen molar-refractivity contribution in [2.24, 2.45) is 0 Å². The highest BCUT2D eigenvalue weighted by Crippen LogP contribution is 2.33. The number of nitrogens with one attached hydrogen (secondary N) is 3. The first-order valence-corrected chi connectivity index (χ1v) is 11.3. The number of ether oxygens (including phenoxy) is 1. The third kappa shape index (κ3) is 6.12. The number of thiocarbonyl (C=S) groups is 1. The van der Waals surface area contributed by atoms with Crippen molar-refractivity contribution in [3.05, 3.63) is 65.5 Å². The number of thioether (sulfide) groups is 1. The molecule has 0 saturated carbocycles. The molecule has 1 heterocycles. The van der Waals surface area contributed by atoms with Crippen molar-refractivity contribution in [1.29, 1.82) is 0 Å². The van der Waals surface area contributed by atoms with Crippen molar-refractivity contribution in [3.8, 4) is 16.2 Å². The number of hydrogen-bond donors (Lipinski definition) is 4. The summed E-state index contributed by atoms with van der Waals surface area (Å²) in [6.07, 6.45) is 0. The molecule has 1 amide bonds. The van der Waals surface area contributed by atoms with Gasteiger partial charge in [0.15, 0.2) is 5.11 Å². The Morgan fingerprint density at radius 3 is 2.57 bits per heavy atom. The minimum atomic E-state index is -0.333. The van der Waals surface area contributed by atoms with Crippen molar-refractivity contribution >= 4 is 52.0 Å². The van der Waals surface area contributed by atoms with E-state index < -0.39 is 0 Å². The van der Waals surface area contributed by atoms with Gasteiger partial charge in [-0.3, -0.25) is 15.6 Å². The summed E-state index contributed by atoms with van der Waals surface area (Å²) in [5, 5.41) is 3.41. The van der Waals surface area contributed by atoms with Crippen LogP contribution in [0.4, 0.5) is 5.69 Å². The van der Waals surface area contributed by atoms with Crippen LogP contribution in [-0.2, 0) is 0 Å². The molecule has 0 aliphatic rings. The lowest BCUT2D eigenvalue weighted by molar-refractivity contribution is 0.0948. The number of anilines is 1. The van der Waals surface area contributed by atoms with Crippen LogP contribution < -0.4 is 26.6 Å². The Hall–Kier alpha value is -2.75. The van der Waals surface area contributed by atoms with Gasteiger partial charge in [-0.2, -0.15) is 0 Å². The molecule has 0 bridgehead atoms. The Bertz CT molecular complexity index is 991. The zero-order chi connectivity index (χ0) is 21.3. The third-order valence-corrected chi connectivity index (χ3v) is 6.49. The second kappa shape index (κ2) is 10.9. The number of methoxy groups -OCH3 is 1. The molecule has 0 spiro atoms. The molecule has 3 rings (SSSR count). The fraction of sp³-hybridized carbons (Fsp3) is 0.143. The van der Waals surface area contributed by atoms with E-state index >= 15 is 0 Å². The molecule has 2 aromatic carbocycles. The van der Waals surface area contributed by atoms with Crippen LogP contribution in [0.2, 0.25) is 0 Å². The number of thiophene rings is 1. The van der Waals surface area contributed by atoms with Crippen LogP contribution in [0.1, 0.15) is 9.67 Å². The highest BCUT2D eigenvalue weighted by molar-refractivity contribution is 7.99. The topological polar surface area (TPSA) is 88.4 Å². The number of nitrogen functional groups attached to an aromatic ring is 1. The van der Waals surface area contributed by atoms with Crippen molar-refractivity contribution in [2.45, 2.75) is 4.90 Å². The van der Waals surface area contributed by atoms with Crippen LogP contribution in [0.3, 0.4) is 0 Å². The van der Waals surface area contributed by atoms with E-state index in [0.717, 1.165) is 21.9 Å². The zero-order valence-corrected chi connectivity index (χ0v) is 18.8. The van der Waals surface area contributed by atoms with Gasteiger partial charge < -0.3 is 15.8 Å². The second-order valence-electron chi connectivity index (χ2n) is 6.12. The predicted octanol–water partition coefficient (Wildman–Crippen LogP) is 3.91. The second-order valence-corrected chi connectivity index (χ2v) is 8.75. The average Bonchev–Trinajstić information content (AvgIpc) is 3.17. The van der Waals surface area contributed by atoms with E-state index in [2.05, 4.69) is 28.3 Å². The molecule has 0 aliphatic carbocycles. The van der Waals surface area contributed by atoms with Crippen LogP contribution >= 0.6 is 35.3 Å². The van der Waals surface area contributed by atoms with Crippen molar-refractivity contribution in [2.75, 3.05) is 25.1 Å². The average molecular weight is 459 g/mol. The number of carbonyl (C=O) groups excluding carboxylic acids is 1. The number of amides is 1. The molecule has 0 saturated heterocycles. The largest absolute Gasteiger partial charge is 0.497 e. The highest BCUT2D eigenvalue weighted by atomic mass is 32.2. The molecule has 0 aliphatic heterocycles. The van der Waals surface area contributed by atoms with E-state index in [1.165, 1.54) is 16.2 Å². The summed E-state index contributed by atoms with van der Waals surface area (Å²) in [5.41, 5.74) is 12.7. The van der Waals surface area contributed by atoms with Crippen molar-refractivity contribution < 1.29 is 9.53 Å². The first-order chi connectivity index (χ1) is 14.6. The van der Waals surface area contributed by atoms with Crippen LogP contribution in [0.25, 0.3) is 10.4 Å². The van der Waals surface area contributed by atoms with Gasteiger partial charge in [-0.1, -0.05) is 18.2 Å². The van der Waals surface area contributed by atoms with Crippen LogP contribution in [-0.4, -0.2) is 30.4 Å². The number of hydrazine groups is 1. The molecule has 30 heavy (non-hydrogen) atoms. The Labute approximate surface area is 189 Å². The summed E-state index contributed by atoms with van der Waals surface area (Å²) in [5.74, 6) is 1.29. The molecule has 0 radical (unpaired) electrons. The van der Waals surface area contributed by atoms with Gasteiger partial charge in [0.25, 0.3) is 5.91 Å². The minimum absolute atomic E-state index is 0.333. The van der Waals surface area contributed by atoms with Crippen molar-refractivity contribution in [1.82, 2.24) is 16.2 Å². The summed E-state index contributed by atoms with van der Waals surface area (Å²) >= 11 is 8.25. The van der Waals surface area contributed by atoms with Gasteiger partial charge in [0.05, 0.1) is 12.8 Å². The van der Waals surface area contributed by atoms with Gasteiger partial charge in [0.2, 0.25) is 0 Å². The fourth-order valence-electron chi connectivity index (χ4n) is 2.54. The van der Waals surface area contributed by atoms with Crippen LogP contribution in [0.5, 0.6) is 5.75 Å². The van der Waals surface area contributed by atoms with Gasteiger partial charge in [0, 0.05) is 22.1 Å².